The largest absolute Gasteiger partial charge is 0.480 e. The Morgan fingerprint density at radius 3 is 2.61 bits per heavy atom. The maximum absolute atomic E-state index is 11.7. The monoisotopic (exact) mass is 247 g/mol. The molecule has 1 aromatic heterocycles. The van der Waals surface area contributed by atoms with Crippen molar-refractivity contribution in [3.05, 3.63) is 30.1 Å². The van der Waals surface area contributed by atoms with E-state index in [0.717, 1.165) is 0 Å². The van der Waals surface area contributed by atoms with Crippen LogP contribution < -0.4 is 5.32 Å². The first kappa shape index (κ1) is 13.6. The molecule has 0 aliphatic rings. The molecule has 18 heavy (non-hydrogen) atoms. The van der Waals surface area contributed by atoms with Gasteiger partial charge in [-0.15, -0.1) is 0 Å². The number of pyridine rings is 1. The van der Waals surface area contributed by atoms with Gasteiger partial charge in [0.2, 0.25) is 0 Å². The second-order valence-corrected chi connectivity index (χ2v) is 3.87. The van der Waals surface area contributed by atoms with Gasteiger partial charge in [0, 0.05) is 23.9 Å². The number of aromatic nitrogens is 1. The molecule has 0 radical (unpaired) electrons. The second-order valence-electron chi connectivity index (χ2n) is 3.87. The molecule has 2 atom stereocenters. The van der Waals surface area contributed by atoms with Crippen LogP contribution in [0.1, 0.15) is 23.7 Å². The first-order valence-corrected chi connectivity index (χ1v) is 5.38. The van der Waals surface area contributed by atoms with E-state index in [9.17, 15) is 9.59 Å². The molecule has 0 spiro atoms. The summed E-state index contributed by atoms with van der Waals surface area (Å²) in [6, 6.07) is 3.85. The molecule has 0 unspecified atom stereocenters. The summed E-state index contributed by atoms with van der Waals surface area (Å²) in [5, 5.41) is 20.0. The van der Waals surface area contributed by atoms with Crippen LogP contribution in [0.15, 0.2) is 24.5 Å². The van der Waals surface area contributed by atoms with Crippen molar-refractivity contribution in [3.63, 3.8) is 0 Å². The lowest BCUT2D eigenvalue weighted by molar-refractivity contribution is -0.139. The average molecular weight is 247 g/mol. The number of hydrogen-bond donors (Lipinski definition) is 2. The van der Waals surface area contributed by atoms with Crippen LogP contribution in [0.5, 0.6) is 0 Å². The highest BCUT2D eigenvalue weighted by Crippen LogP contribution is 2.06. The third-order valence-corrected chi connectivity index (χ3v) is 2.36. The van der Waals surface area contributed by atoms with Crippen molar-refractivity contribution in [1.29, 1.82) is 5.26 Å². The molecule has 1 rings (SSSR count). The number of nitrogens with zero attached hydrogens (tertiary/aromatic N) is 2. The van der Waals surface area contributed by atoms with Crippen molar-refractivity contribution in [2.45, 2.75) is 19.4 Å². The Morgan fingerprint density at radius 1 is 1.50 bits per heavy atom. The highest BCUT2D eigenvalue weighted by molar-refractivity contribution is 5.96. The minimum atomic E-state index is -1.15. The fraction of sp³-hybridized carbons (Fsp3) is 0.333. The molecule has 6 nitrogen and oxygen atoms in total. The summed E-state index contributed by atoms with van der Waals surface area (Å²) >= 11 is 0. The van der Waals surface area contributed by atoms with E-state index in [-0.39, 0.29) is 6.42 Å². The van der Waals surface area contributed by atoms with Crippen molar-refractivity contribution >= 4 is 11.9 Å². The predicted octanol–water partition coefficient (Wildman–Crippen LogP) is 0.814. The third-order valence-electron chi connectivity index (χ3n) is 2.36. The Bertz CT molecular complexity index is 467. The van der Waals surface area contributed by atoms with Crippen molar-refractivity contribution in [3.8, 4) is 6.07 Å². The molecule has 6 heteroatoms. The zero-order valence-electron chi connectivity index (χ0n) is 9.83. The van der Waals surface area contributed by atoms with Gasteiger partial charge in [-0.1, -0.05) is 0 Å². The normalized spacial score (nSPS) is 13.1. The lowest BCUT2D eigenvalue weighted by atomic mass is 10.0. The van der Waals surface area contributed by atoms with Gasteiger partial charge >= 0.3 is 5.97 Å². The molecule has 2 N–H and O–H groups in total. The molecule has 0 aliphatic carbocycles. The van der Waals surface area contributed by atoms with Crippen LogP contribution in [-0.2, 0) is 4.79 Å². The molecule has 0 fully saturated rings. The number of carbonyl (C=O) groups is 2. The number of carboxylic acids is 1. The summed E-state index contributed by atoms with van der Waals surface area (Å²) in [5.41, 5.74) is 0.334. The molecular formula is C12H13N3O3. The van der Waals surface area contributed by atoms with E-state index in [4.69, 9.17) is 10.4 Å². The van der Waals surface area contributed by atoms with Crippen LogP contribution in [-0.4, -0.2) is 28.0 Å². The molecule has 0 aliphatic heterocycles. The second kappa shape index (κ2) is 6.35. The Kier molecular flexibility index (Phi) is 4.81. The van der Waals surface area contributed by atoms with Crippen LogP contribution in [0.25, 0.3) is 0 Å². The number of amides is 1. The van der Waals surface area contributed by atoms with E-state index < -0.39 is 23.8 Å². The van der Waals surface area contributed by atoms with Crippen LogP contribution in [0.4, 0.5) is 0 Å². The van der Waals surface area contributed by atoms with Crippen molar-refractivity contribution < 1.29 is 14.7 Å². The number of hydrogen-bond acceptors (Lipinski definition) is 4. The van der Waals surface area contributed by atoms with E-state index in [1.807, 2.05) is 6.07 Å². The van der Waals surface area contributed by atoms with Crippen molar-refractivity contribution in [2.24, 2.45) is 5.92 Å². The molecule has 1 aromatic rings. The lowest BCUT2D eigenvalue weighted by Crippen LogP contribution is -2.41. The van der Waals surface area contributed by atoms with E-state index in [1.54, 1.807) is 6.92 Å². The summed E-state index contributed by atoms with van der Waals surface area (Å²) in [6.07, 6.45) is 2.97. The first-order valence-electron chi connectivity index (χ1n) is 5.38. The van der Waals surface area contributed by atoms with E-state index in [1.165, 1.54) is 24.5 Å². The van der Waals surface area contributed by atoms with Gasteiger partial charge in [0.25, 0.3) is 5.91 Å². The van der Waals surface area contributed by atoms with Gasteiger partial charge in [-0.2, -0.15) is 5.26 Å². The van der Waals surface area contributed by atoms with Crippen LogP contribution in [0.2, 0.25) is 0 Å². The zero-order valence-corrected chi connectivity index (χ0v) is 9.83. The molecule has 94 valence electrons. The van der Waals surface area contributed by atoms with Gasteiger partial charge in [-0.25, -0.2) is 4.79 Å². The van der Waals surface area contributed by atoms with Gasteiger partial charge < -0.3 is 10.4 Å². The van der Waals surface area contributed by atoms with Gasteiger partial charge in [-0.3, -0.25) is 9.78 Å². The maximum Gasteiger partial charge on any atom is 0.326 e. The topological polar surface area (TPSA) is 103 Å². The summed E-state index contributed by atoms with van der Waals surface area (Å²) in [6.45, 7) is 1.61. The number of rotatable bonds is 5. The first-order chi connectivity index (χ1) is 8.54. The SMILES string of the molecule is C[C@H](C#N)C[C@H](NC(=O)c1ccncc1)C(=O)O. The molecule has 0 aromatic carbocycles. The number of nitriles is 1. The van der Waals surface area contributed by atoms with Gasteiger partial charge in [0.15, 0.2) is 0 Å². The standard InChI is InChI=1S/C12H13N3O3/c1-8(7-13)6-10(12(17)18)15-11(16)9-2-4-14-5-3-9/h2-5,8,10H,6H2,1H3,(H,15,16)(H,17,18)/t8-,10-/m0/s1. The van der Waals surface area contributed by atoms with Crippen LogP contribution in [0, 0.1) is 17.2 Å². The quantitative estimate of drug-likeness (QED) is 0.801. The Morgan fingerprint density at radius 2 is 2.11 bits per heavy atom. The molecule has 0 saturated carbocycles. The Balaban J connectivity index is 2.71. The number of carboxylic acid groups (broad SMARTS) is 1. The molecular weight excluding hydrogens is 234 g/mol. The number of aliphatic carboxylic acids is 1. The average Bonchev–Trinajstić information content (AvgIpc) is 2.38. The van der Waals surface area contributed by atoms with Crippen molar-refractivity contribution in [2.75, 3.05) is 0 Å². The number of nitrogens with one attached hydrogen (secondary N) is 1. The maximum atomic E-state index is 11.7. The minimum absolute atomic E-state index is 0.0721. The molecule has 0 bridgehead atoms. The third kappa shape index (κ3) is 3.87. The minimum Gasteiger partial charge on any atom is -0.480 e. The highest BCUT2D eigenvalue weighted by atomic mass is 16.4. The summed E-state index contributed by atoms with van der Waals surface area (Å²) in [7, 11) is 0. The Hall–Kier alpha value is -2.42. The van der Waals surface area contributed by atoms with E-state index >= 15 is 0 Å². The zero-order chi connectivity index (χ0) is 13.5. The smallest absolute Gasteiger partial charge is 0.326 e. The van der Waals surface area contributed by atoms with Gasteiger partial charge in [0.05, 0.1) is 6.07 Å². The Labute approximate surface area is 104 Å². The molecule has 0 saturated heterocycles. The van der Waals surface area contributed by atoms with Gasteiger partial charge in [0.1, 0.15) is 6.04 Å². The predicted molar refractivity (Wildman–Crippen MR) is 62.5 cm³/mol. The van der Waals surface area contributed by atoms with Crippen LogP contribution >= 0.6 is 0 Å². The van der Waals surface area contributed by atoms with Crippen LogP contribution in [0.3, 0.4) is 0 Å². The highest BCUT2D eigenvalue weighted by Gasteiger charge is 2.22. The van der Waals surface area contributed by atoms with Gasteiger partial charge in [-0.05, 0) is 25.5 Å². The fourth-order valence-corrected chi connectivity index (χ4v) is 1.37. The molecule has 1 heterocycles. The summed E-state index contributed by atoms with van der Waals surface area (Å²) in [5.74, 6) is -2.08. The lowest BCUT2D eigenvalue weighted by Gasteiger charge is -2.15. The molecule has 1 amide bonds. The number of carbonyl (C=O) groups excluding carboxylic acids is 1. The fourth-order valence-electron chi connectivity index (χ4n) is 1.37. The van der Waals surface area contributed by atoms with E-state index in [2.05, 4.69) is 10.3 Å². The summed E-state index contributed by atoms with van der Waals surface area (Å²) in [4.78, 5) is 26.5. The van der Waals surface area contributed by atoms with Crippen molar-refractivity contribution in [1.82, 2.24) is 10.3 Å². The van der Waals surface area contributed by atoms with E-state index in [0.29, 0.717) is 5.56 Å². The summed E-state index contributed by atoms with van der Waals surface area (Å²) < 4.78 is 0.